The van der Waals surface area contributed by atoms with Gasteiger partial charge in [0, 0.05) is 25.3 Å². The van der Waals surface area contributed by atoms with Crippen LogP contribution in [0.4, 0.5) is 10.1 Å². The SMILES string of the molecule is CNC(C)c1cc(F)c(C)cc1N(C)CC(C)C. The zero-order chi connectivity index (χ0) is 13.9. The molecule has 0 bridgehead atoms. The van der Waals surface area contributed by atoms with Crippen molar-refractivity contribution in [1.82, 2.24) is 5.32 Å². The van der Waals surface area contributed by atoms with Crippen LogP contribution >= 0.6 is 0 Å². The van der Waals surface area contributed by atoms with Gasteiger partial charge in [-0.2, -0.15) is 0 Å². The first kappa shape index (κ1) is 15.0. The van der Waals surface area contributed by atoms with Gasteiger partial charge in [-0.15, -0.1) is 0 Å². The highest BCUT2D eigenvalue weighted by Gasteiger charge is 2.15. The molecular weight excluding hydrogens is 227 g/mol. The smallest absolute Gasteiger partial charge is 0.126 e. The van der Waals surface area contributed by atoms with Gasteiger partial charge in [0.15, 0.2) is 0 Å². The van der Waals surface area contributed by atoms with Gasteiger partial charge in [-0.05, 0) is 50.1 Å². The largest absolute Gasteiger partial charge is 0.374 e. The zero-order valence-electron chi connectivity index (χ0n) is 12.3. The van der Waals surface area contributed by atoms with E-state index in [-0.39, 0.29) is 11.9 Å². The molecule has 0 radical (unpaired) electrons. The molecule has 102 valence electrons. The predicted molar refractivity (Wildman–Crippen MR) is 76.7 cm³/mol. The highest BCUT2D eigenvalue weighted by molar-refractivity contribution is 5.56. The van der Waals surface area contributed by atoms with Gasteiger partial charge in [0.05, 0.1) is 0 Å². The lowest BCUT2D eigenvalue weighted by Gasteiger charge is -2.27. The van der Waals surface area contributed by atoms with Crippen LogP contribution in [0.5, 0.6) is 0 Å². The summed E-state index contributed by atoms with van der Waals surface area (Å²) in [7, 11) is 3.97. The van der Waals surface area contributed by atoms with Crippen molar-refractivity contribution in [3.63, 3.8) is 0 Å². The van der Waals surface area contributed by atoms with Crippen molar-refractivity contribution in [1.29, 1.82) is 0 Å². The number of aryl methyl sites for hydroxylation is 1. The van der Waals surface area contributed by atoms with Crippen LogP contribution in [0.3, 0.4) is 0 Å². The Morgan fingerprint density at radius 3 is 2.39 bits per heavy atom. The van der Waals surface area contributed by atoms with Crippen molar-refractivity contribution in [3.8, 4) is 0 Å². The first-order valence-corrected chi connectivity index (χ1v) is 6.55. The maximum absolute atomic E-state index is 13.7. The van der Waals surface area contributed by atoms with E-state index in [2.05, 4.69) is 38.0 Å². The van der Waals surface area contributed by atoms with Crippen molar-refractivity contribution in [2.45, 2.75) is 33.7 Å². The molecular formula is C15H25FN2. The average Bonchev–Trinajstić information content (AvgIpc) is 2.30. The monoisotopic (exact) mass is 252 g/mol. The van der Waals surface area contributed by atoms with E-state index in [0.717, 1.165) is 17.8 Å². The lowest BCUT2D eigenvalue weighted by Crippen LogP contribution is -2.26. The van der Waals surface area contributed by atoms with Crippen LogP contribution in [-0.2, 0) is 0 Å². The molecule has 3 heteroatoms. The fourth-order valence-corrected chi connectivity index (χ4v) is 2.16. The molecule has 2 nitrogen and oxygen atoms in total. The fraction of sp³-hybridized carbons (Fsp3) is 0.600. The number of hydrogen-bond donors (Lipinski definition) is 1. The Bertz CT molecular complexity index is 402. The van der Waals surface area contributed by atoms with E-state index in [4.69, 9.17) is 0 Å². The van der Waals surface area contributed by atoms with E-state index < -0.39 is 0 Å². The van der Waals surface area contributed by atoms with Crippen molar-refractivity contribution >= 4 is 5.69 Å². The molecule has 0 saturated heterocycles. The minimum atomic E-state index is -0.131. The summed E-state index contributed by atoms with van der Waals surface area (Å²) in [6.45, 7) is 9.21. The Hall–Kier alpha value is -1.09. The molecule has 1 aromatic carbocycles. The van der Waals surface area contributed by atoms with Crippen molar-refractivity contribution in [2.24, 2.45) is 5.92 Å². The molecule has 1 N–H and O–H groups in total. The van der Waals surface area contributed by atoms with E-state index >= 15 is 0 Å². The Labute approximate surface area is 110 Å². The molecule has 0 heterocycles. The predicted octanol–water partition coefficient (Wildman–Crippen LogP) is 3.51. The van der Waals surface area contributed by atoms with Crippen LogP contribution in [0.15, 0.2) is 12.1 Å². The molecule has 0 aliphatic carbocycles. The summed E-state index contributed by atoms with van der Waals surface area (Å²) < 4.78 is 13.7. The first-order valence-electron chi connectivity index (χ1n) is 6.55. The summed E-state index contributed by atoms with van der Waals surface area (Å²) in [6, 6.07) is 3.74. The van der Waals surface area contributed by atoms with E-state index in [0.29, 0.717) is 11.5 Å². The normalized spacial score (nSPS) is 12.9. The van der Waals surface area contributed by atoms with Crippen LogP contribution in [0.25, 0.3) is 0 Å². The summed E-state index contributed by atoms with van der Waals surface area (Å²) >= 11 is 0. The third-order valence-corrected chi connectivity index (χ3v) is 3.26. The molecule has 1 rings (SSSR count). The average molecular weight is 252 g/mol. The van der Waals surface area contributed by atoms with Crippen LogP contribution in [0.2, 0.25) is 0 Å². The minimum Gasteiger partial charge on any atom is -0.374 e. The summed E-state index contributed by atoms with van der Waals surface area (Å²) in [5.74, 6) is 0.451. The van der Waals surface area contributed by atoms with Gasteiger partial charge >= 0.3 is 0 Å². The fourth-order valence-electron chi connectivity index (χ4n) is 2.16. The molecule has 0 aromatic heterocycles. The Kier molecular flexibility index (Phi) is 5.15. The molecule has 0 amide bonds. The third-order valence-electron chi connectivity index (χ3n) is 3.26. The number of nitrogens with zero attached hydrogens (tertiary/aromatic N) is 1. The van der Waals surface area contributed by atoms with Gasteiger partial charge in [-0.25, -0.2) is 4.39 Å². The summed E-state index contributed by atoms with van der Waals surface area (Å²) in [5.41, 5.74) is 2.83. The number of hydrogen-bond acceptors (Lipinski definition) is 2. The van der Waals surface area contributed by atoms with Crippen molar-refractivity contribution in [3.05, 3.63) is 29.1 Å². The molecule has 1 atom stereocenters. The quantitative estimate of drug-likeness (QED) is 0.862. The van der Waals surface area contributed by atoms with Crippen LogP contribution in [0.1, 0.15) is 37.9 Å². The molecule has 18 heavy (non-hydrogen) atoms. The number of anilines is 1. The van der Waals surface area contributed by atoms with Crippen LogP contribution < -0.4 is 10.2 Å². The highest BCUT2D eigenvalue weighted by Crippen LogP contribution is 2.29. The van der Waals surface area contributed by atoms with Gasteiger partial charge in [-0.3, -0.25) is 0 Å². The topological polar surface area (TPSA) is 15.3 Å². The summed E-state index contributed by atoms with van der Waals surface area (Å²) in [5, 5.41) is 3.18. The lowest BCUT2D eigenvalue weighted by atomic mass is 10.0. The minimum absolute atomic E-state index is 0.131. The van der Waals surface area contributed by atoms with Crippen LogP contribution in [-0.4, -0.2) is 20.6 Å². The Morgan fingerprint density at radius 1 is 1.28 bits per heavy atom. The zero-order valence-corrected chi connectivity index (χ0v) is 12.3. The van der Waals surface area contributed by atoms with E-state index in [1.54, 1.807) is 6.07 Å². The molecule has 0 aliphatic rings. The number of benzene rings is 1. The van der Waals surface area contributed by atoms with Crippen LogP contribution in [0, 0.1) is 18.7 Å². The molecule has 0 fully saturated rings. The van der Waals surface area contributed by atoms with E-state index in [9.17, 15) is 4.39 Å². The molecule has 0 spiro atoms. The van der Waals surface area contributed by atoms with E-state index in [1.807, 2.05) is 20.0 Å². The van der Waals surface area contributed by atoms with E-state index in [1.165, 1.54) is 0 Å². The summed E-state index contributed by atoms with van der Waals surface area (Å²) in [6.07, 6.45) is 0. The molecule has 0 aliphatic heterocycles. The second kappa shape index (κ2) is 6.19. The maximum atomic E-state index is 13.7. The number of nitrogens with one attached hydrogen (secondary N) is 1. The van der Waals surface area contributed by atoms with Gasteiger partial charge < -0.3 is 10.2 Å². The van der Waals surface area contributed by atoms with Gasteiger partial charge in [0.1, 0.15) is 5.82 Å². The lowest BCUT2D eigenvalue weighted by molar-refractivity contribution is 0.594. The van der Waals surface area contributed by atoms with Gasteiger partial charge in [-0.1, -0.05) is 13.8 Å². The first-order chi connectivity index (χ1) is 8.36. The van der Waals surface area contributed by atoms with Gasteiger partial charge in [0.25, 0.3) is 0 Å². The van der Waals surface area contributed by atoms with Crippen molar-refractivity contribution in [2.75, 3.05) is 25.5 Å². The highest BCUT2D eigenvalue weighted by atomic mass is 19.1. The number of rotatable bonds is 5. The third kappa shape index (κ3) is 3.45. The second-order valence-corrected chi connectivity index (χ2v) is 5.44. The second-order valence-electron chi connectivity index (χ2n) is 5.44. The van der Waals surface area contributed by atoms with Crippen molar-refractivity contribution < 1.29 is 4.39 Å². The molecule has 1 unspecified atom stereocenters. The number of halogens is 1. The Morgan fingerprint density at radius 2 is 1.89 bits per heavy atom. The Balaban J connectivity index is 3.18. The molecule has 1 aromatic rings. The standard InChI is InChI=1S/C15H25FN2/c1-10(2)9-18(6)15-7-11(3)14(16)8-13(15)12(4)17-5/h7-8,10,12,17H,9H2,1-6H3. The van der Waals surface area contributed by atoms with Gasteiger partial charge in [0.2, 0.25) is 0 Å². The molecule has 0 saturated carbocycles. The maximum Gasteiger partial charge on any atom is 0.126 e. The summed E-state index contributed by atoms with van der Waals surface area (Å²) in [4.78, 5) is 2.21.